The van der Waals surface area contributed by atoms with Gasteiger partial charge in [0.05, 0.1) is 39.4 Å². The summed E-state index contributed by atoms with van der Waals surface area (Å²) in [5, 5.41) is 18.8. The summed E-state index contributed by atoms with van der Waals surface area (Å²) < 4.78 is 2.28. The van der Waals surface area contributed by atoms with Crippen molar-refractivity contribution in [2.24, 2.45) is 0 Å². The van der Waals surface area contributed by atoms with Gasteiger partial charge in [-0.1, -0.05) is 97.1 Å². The number of nitrogens with zero attached hydrogens (tertiary/aromatic N) is 4. The summed E-state index contributed by atoms with van der Waals surface area (Å²) >= 11 is 0. The molecule has 7 aromatic carbocycles. The van der Waals surface area contributed by atoms with Crippen LogP contribution in [0.1, 0.15) is 5.56 Å². The lowest BCUT2D eigenvalue weighted by Crippen LogP contribution is -1.93. The molecule has 0 fully saturated rings. The third-order valence-corrected chi connectivity index (χ3v) is 9.82. The average Bonchev–Trinajstić information content (AvgIpc) is 3.50. The minimum atomic E-state index is 0.654. The third-order valence-electron chi connectivity index (χ3n) is 9.82. The minimum Gasteiger partial charge on any atom is -0.309 e. The van der Waals surface area contributed by atoms with Gasteiger partial charge in [0.25, 0.3) is 0 Å². The monoisotopic (exact) mass is 622 g/mol. The van der Waals surface area contributed by atoms with Crippen LogP contribution in [-0.4, -0.2) is 14.5 Å². The smallest absolute Gasteiger partial charge is 0.0991 e. The Morgan fingerprint density at radius 2 is 1.22 bits per heavy atom. The highest BCUT2D eigenvalue weighted by atomic mass is 15.0. The van der Waals surface area contributed by atoms with Gasteiger partial charge in [-0.2, -0.15) is 5.26 Å². The maximum atomic E-state index is 9.70. The van der Waals surface area contributed by atoms with Crippen LogP contribution in [0.4, 0.5) is 0 Å². The van der Waals surface area contributed by atoms with Crippen LogP contribution in [0.2, 0.25) is 0 Å². The van der Waals surface area contributed by atoms with E-state index >= 15 is 0 Å². The maximum Gasteiger partial charge on any atom is 0.0991 e. The largest absolute Gasteiger partial charge is 0.309 e. The van der Waals surface area contributed by atoms with Crippen LogP contribution in [-0.2, 0) is 0 Å². The Morgan fingerprint density at radius 1 is 0.510 bits per heavy atom. The molecule has 4 nitrogen and oxygen atoms in total. The highest BCUT2D eigenvalue weighted by Gasteiger charge is 2.17. The van der Waals surface area contributed by atoms with E-state index in [4.69, 9.17) is 9.97 Å². The van der Waals surface area contributed by atoms with Crippen LogP contribution in [0.15, 0.2) is 158 Å². The molecule has 0 bridgehead atoms. The van der Waals surface area contributed by atoms with Gasteiger partial charge in [-0.15, -0.1) is 0 Å². The summed E-state index contributed by atoms with van der Waals surface area (Å²) in [4.78, 5) is 10.1. The molecule has 49 heavy (non-hydrogen) atoms. The molecule has 4 heteroatoms. The Morgan fingerprint density at radius 3 is 2.08 bits per heavy atom. The zero-order chi connectivity index (χ0) is 32.5. The van der Waals surface area contributed by atoms with Crippen LogP contribution in [0.25, 0.3) is 93.2 Å². The van der Waals surface area contributed by atoms with E-state index in [1.54, 1.807) is 0 Å². The van der Waals surface area contributed by atoms with Gasteiger partial charge in [-0.3, -0.25) is 4.98 Å². The maximum absolute atomic E-state index is 9.70. The average molecular weight is 623 g/mol. The molecule has 0 radical (unpaired) electrons. The Bertz CT molecular complexity index is 2990. The number of nitriles is 1. The molecule has 0 aliphatic heterocycles. The van der Waals surface area contributed by atoms with Crippen LogP contribution in [0, 0.1) is 11.3 Å². The first-order valence-corrected chi connectivity index (χ1v) is 16.4. The normalized spacial score (nSPS) is 11.7. The fourth-order valence-electron chi connectivity index (χ4n) is 7.56. The number of pyridine rings is 2. The summed E-state index contributed by atoms with van der Waals surface area (Å²) in [5.41, 5.74) is 10.2. The van der Waals surface area contributed by atoms with E-state index in [-0.39, 0.29) is 0 Å². The van der Waals surface area contributed by atoms with Crippen molar-refractivity contribution in [1.82, 2.24) is 14.5 Å². The van der Waals surface area contributed by atoms with E-state index in [0.29, 0.717) is 5.56 Å². The second kappa shape index (κ2) is 10.6. The first kappa shape index (κ1) is 27.3. The first-order chi connectivity index (χ1) is 24.2. The number of para-hydroxylation sites is 2. The quantitative estimate of drug-likeness (QED) is 0.184. The zero-order valence-electron chi connectivity index (χ0n) is 26.3. The lowest BCUT2D eigenvalue weighted by atomic mass is 9.93. The highest BCUT2D eigenvalue weighted by molar-refractivity contribution is 6.28. The molecule has 3 heterocycles. The van der Waals surface area contributed by atoms with Gasteiger partial charge >= 0.3 is 0 Å². The number of fused-ring (bicyclic) bond motifs is 10. The fraction of sp³-hybridized carbons (Fsp3) is 0. The second-order valence-electron chi connectivity index (χ2n) is 12.5. The molecule has 0 saturated carbocycles. The Labute approximate surface area is 281 Å². The molecule has 0 N–H and O–H groups in total. The number of benzene rings is 7. The molecule has 0 aliphatic rings. The molecule has 10 aromatic rings. The van der Waals surface area contributed by atoms with Gasteiger partial charge in [-0.25, -0.2) is 4.98 Å². The second-order valence-corrected chi connectivity index (χ2v) is 12.5. The predicted octanol–water partition coefficient (Wildman–Crippen LogP) is 11.4. The molecule has 3 aromatic heterocycles. The summed E-state index contributed by atoms with van der Waals surface area (Å²) in [6.07, 6.45) is 1.88. The molecular weight excluding hydrogens is 597 g/mol. The SMILES string of the molecule is N#Cc1ccc2c(c1)c1cc(-c3ccc(-c4nc5ccccc5c5c4ccc4ccc6cccnc6c45)cc3)ccc1n2-c1ccccc1. The summed E-state index contributed by atoms with van der Waals surface area (Å²) in [7, 11) is 0. The van der Waals surface area contributed by atoms with Crippen LogP contribution in [0.3, 0.4) is 0 Å². The third kappa shape index (κ3) is 4.16. The van der Waals surface area contributed by atoms with Gasteiger partial charge in [-0.05, 0) is 71.1 Å². The molecule has 0 unspecified atom stereocenters. The van der Waals surface area contributed by atoms with Crippen molar-refractivity contribution < 1.29 is 0 Å². The molecule has 226 valence electrons. The Balaban J connectivity index is 1.15. The predicted molar refractivity (Wildman–Crippen MR) is 202 cm³/mol. The van der Waals surface area contributed by atoms with Crippen molar-refractivity contribution >= 4 is 65.2 Å². The van der Waals surface area contributed by atoms with Crippen LogP contribution >= 0.6 is 0 Å². The van der Waals surface area contributed by atoms with Crippen molar-refractivity contribution in [2.75, 3.05) is 0 Å². The van der Waals surface area contributed by atoms with E-state index in [9.17, 15) is 5.26 Å². The van der Waals surface area contributed by atoms with Crippen molar-refractivity contribution in [3.63, 3.8) is 0 Å². The van der Waals surface area contributed by atoms with Crippen molar-refractivity contribution in [3.05, 3.63) is 163 Å². The summed E-state index contributed by atoms with van der Waals surface area (Å²) in [5.74, 6) is 0. The van der Waals surface area contributed by atoms with Gasteiger partial charge in [0.2, 0.25) is 0 Å². The van der Waals surface area contributed by atoms with Crippen molar-refractivity contribution in [3.8, 4) is 34.1 Å². The fourth-order valence-corrected chi connectivity index (χ4v) is 7.56. The number of rotatable bonds is 3. The lowest BCUT2D eigenvalue weighted by Gasteiger charge is -2.14. The number of hydrogen-bond acceptors (Lipinski definition) is 3. The molecule has 10 rings (SSSR count). The molecule has 0 aliphatic carbocycles. The van der Waals surface area contributed by atoms with Gasteiger partial charge in [0.15, 0.2) is 0 Å². The van der Waals surface area contributed by atoms with Gasteiger partial charge in [0, 0.05) is 55.2 Å². The first-order valence-electron chi connectivity index (χ1n) is 16.4. The molecule has 0 saturated heterocycles. The van der Waals surface area contributed by atoms with E-state index in [0.717, 1.165) is 82.5 Å². The summed E-state index contributed by atoms with van der Waals surface area (Å²) in [6, 6.07) is 55.3. The standard InChI is InChI=1S/C45H26N4/c46-27-28-12-22-40-37(25-28)38-26-33(20-23-41(38)49(40)34-8-2-1-3-9-34)29-13-16-32(17-14-29)44-36-21-19-30-15-18-31-7-6-24-47-45(31)42(30)43(36)35-10-4-5-11-39(35)48-44/h1-26H. The van der Waals surface area contributed by atoms with Gasteiger partial charge in [0.1, 0.15) is 0 Å². The van der Waals surface area contributed by atoms with E-state index in [2.05, 4.69) is 138 Å². The topological polar surface area (TPSA) is 54.5 Å². The molecule has 0 amide bonds. The van der Waals surface area contributed by atoms with E-state index in [1.807, 2.05) is 30.5 Å². The van der Waals surface area contributed by atoms with Crippen molar-refractivity contribution in [2.45, 2.75) is 0 Å². The van der Waals surface area contributed by atoms with Gasteiger partial charge < -0.3 is 4.57 Å². The van der Waals surface area contributed by atoms with E-state index < -0.39 is 0 Å². The molecule has 0 atom stereocenters. The number of aromatic nitrogens is 3. The van der Waals surface area contributed by atoms with Crippen LogP contribution in [0.5, 0.6) is 0 Å². The van der Waals surface area contributed by atoms with E-state index in [1.165, 1.54) is 10.8 Å². The molecule has 0 spiro atoms. The summed E-state index contributed by atoms with van der Waals surface area (Å²) in [6.45, 7) is 0. The minimum absolute atomic E-state index is 0.654. The van der Waals surface area contributed by atoms with Crippen LogP contribution < -0.4 is 0 Å². The van der Waals surface area contributed by atoms with Crippen molar-refractivity contribution in [1.29, 1.82) is 5.26 Å². The highest BCUT2D eigenvalue weighted by Crippen LogP contribution is 2.40. The Hall–Kier alpha value is -6.83. The number of hydrogen-bond donors (Lipinski definition) is 0. The molecular formula is C45H26N4. The zero-order valence-corrected chi connectivity index (χ0v) is 26.3. The lowest BCUT2D eigenvalue weighted by molar-refractivity contribution is 1.18. The Kier molecular flexibility index (Phi) is 5.90.